The Hall–Kier alpha value is -2.01. The van der Waals surface area contributed by atoms with Gasteiger partial charge < -0.3 is 10.4 Å². The normalized spacial score (nSPS) is 10.2. The van der Waals surface area contributed by atoms with Crippen LogP contribution in [0.4, 0.5) is 10.1 Å². The van der Waals surface area contributed by atoms with Gasteiger partial charge in [-0.05, 0) is 30.5 Å². The van der Waals surface area contributed by atoms with Crippen LogP contribution in [0.2, 0.25) is 0 Å². The van der Waals surface area contributed by atoms with Crippen LogP contribution in [0.3, 0.4) is 0 Å². The number of thioether (sulfide) groups is 1. The highest BCUT2D eigenvalue weighted by Gasteiger charge is 2.11. The van der Waals surface area contributed by atoms with Gasteiger partial charge in [0.25, 0.3) is 5.91 Å². The fourth-order valence-electron chi connectivity index (χ4n) is 1.62. The molecule has 0 atom stereocenters. The summed E-state index contributed by atoms with van der Waals surface area (Å²) in [5.74, 6) is -1.52. The van der Waals surface area contributed by atoms with Crippen LogP contribution in [-0.2, 0) is 0 Å². The van der Waals surface area contributed by atoms with Crippen molar-refractivity contribution in [2.24, 2.45) is 0 Å². The van der Waals surface area contributed by atoms with Gasteiger partial charge in [0, 0.05) is 16.6 Å². The van der Waals surface area contributed by atoms with Gasteiger partial charge in [0.1, 0.15) is 0 Å². The van der Waals surface area contributed by atoms with Crippen LogP contribution in [0.25, 0.3) is 0 Å². The van der Waals surface area contributed by atoms with Crippen molar-refractivity contribution in [3.8, 4) is 5.75 Å². The number of nitrogens with one attached hydrogen (secondary N) is 1. The molecular formula is C14H12FNO2S. The summed E-state index contributed by atoms with van der Waals surface area (Å²) in [7, 11) is 0. The van der Waals surface area contributed by atoms with E-state index in [1.54, 1.807) is 12.1 Å². The van der Waals surface area contributed by atoms with Crippen LogP contribution in [0, 0.1) is 5.82 Å². The Morgan fingerprint density at radius 2 is 2.00 bits per heavy atom. The van der Waals surface area contributed by atoms with E-state index in [4.69, 9.17) is 5.11 Å². The average molecular weight is 277 g/mol. The van der Waals surface area contributed by atoms with Gasteiger partial charge in [-0.25, -0.2) is 4.39 Å². The van der Waals surface area contributed by atoms with Gasteiger partial charge in [0.2, 0.25) is 0 Å². The van der Waals surface area contributed by atoms with E-state index in [-0.39, 0.29) is 5.91 Å². The lowest BCUT2D eigenvalue weighted by molar-refractivity contribution is 0.102. The number of phenolic OH excluding ortho intramolecular Hbond substituents is 1. The van der Waals surface area contributed by atoms with Crippen LogP contribution in [0.5, 0.6) is 5.75 Å². The molecule has 0 radical (unpaired) electrons. The van der Waals surface area contributed by atoms with Crippen molar-refractivity contribution in [1.29, 1.82) is 0 Å². The number of amides is 1. The molecule has 0 saturated carbocycles. The topological polar surface area (TPSA) is 49.3 Å². The average Bonchev–Trinajstić information content (AvgIpc) is 2.43. The molecule has 5 heteroatoms. The van der Waals surface area contributed by atoms with Crippen LogP contribution in [0.15, 0.2) is 47.4 Å². The molecule has 0 aliphatic rings. The Morgan fingerprint density at radius 1 is 1.26 bits per heavy atom. The molecule has 1 amide bonds. The molecule has 2 aromatic rings. The highest BCUT2D eigenvalue weighted by atomic mass is 32.2. The summed E-state index contributed by atoms with van der Waals surface area (Å²) in [5, 5.41) is 11.7. The molecular weight excluding hydrogens is 265 g/mol. The number of benzene rings is 2. The van der Waals surface area contributed by atoms with Crippen molar-refractivity contribution in [2.75, 3.05) is 11.6 Å². The third kappa shape index (κ3) is 3.06. The third-order valence-electron chi connectivity index (χ3n) is 2.56. The summed E-state index contributed by atoms with van der Waals surface area (Å²) < 4.78 is 13.2. The first kappa shape index (κ1) is 13.4. The second-order valence-electron chi connectivity index (χ2n) is 3.82. The number of halogens is 1. The van der Waals surface area contributed by atoms with E-state index in [1.807, 2.05) is 18.4 Å². The zero-order chi connectivity index (χ0) is 13.8. The predicted octanol–water partition coefficient (Wildman–Crippen LogP) is 3.51. The molecule has 0 spiro atoms. The smallest absolute Gasteiger partial charge is 0.256 e. The number of carbonyl (C=O) groups excluding carboxylic acids is 1. The lowest BCUT2D eigenvalue weighted by Gasteiger charge is -2.08. The maximum absolute atomic E-state index is 13.2. The number of carbonyl (C=O) groups is 1. The molecule has 0 fully saturated rings. The Bertz CT molecular complexity index is 616. The highest BCUT2D eigenvalue weighted by Crippen LogP contribution is 2.23. The fraction of sp³-hybridized carbons (Fsp3) is 0.0714. The van der Waals surface area contributed by atoms with E-state index in [2.05, 4.69) is 5.32 Å². The van der Waals surface area contributed by atoms with Crippen LogP contribution in [0.1, 0.15) is 10.4 Å². The van der Waals surface area contributed by atoms with Crippen LogP contribution in [-0.4, -0.2) is 17.3 Å². The minimum Gasteiger partial charge on any atom is -0.505 e. The summed E-state index contributed by atoms with van der Waals surface area (Å²) in [6.45, 7) is 0. The molecule has 0 aliphatic carbocycles. The second kappa shape index (κ2) is 5.75. The number of hydrogen-bond donors (Lipinski definition) is 2. The number of hydrogen-bond acceptors (Lipinski definition) is 3. The van der Waals surface area contributed by atoms with Crippen molar-refractivity contribution in [1.82, 2.24) is 0 Å². The number of anilines is 1. The number of rotatable bonds is 3. The van der Waals surface area contributed by atoms with E-state index in [0.29, 0.717) is 11.3 Å². The summed E-state index contributed by atoms with van der Waals surface area (Å²) in [6, 6.07) is 10.9. The molecule has 98 valence electrons. The van der Waals surface area contributed by atoms with Crippen LogP contribution < -0.4 is 5.32 Å². The molecule has 0 bridgehead atoms. The lowest BCUT2D eigenvalue weighted by Crippen LogP contribution is -2.12. The van der Waals surface area contributed by atoms with Gasteiger partial charge in [0.05, 0.1) is 5.56 Å². The van der Waals surface area contributed by atoms with Crippen molar-refractivity contribution >= 4 is 23.4 Å². The Morgan fingerprint density at radius 3 is 2.68 bits per heavy atom. The van der Waals surface area contributed by atoms with E-state index in [0.717, 1.165) is 11.0 Å². The third-order valence-corrected chi connectivity index (χ3v) is 3.35. The minimum absolute atomic E-state index is 0.302. The molecule has 0 saturated heterocycles. The van der Waals surface area contributed by atoms with Crippen molar-refractivity contribution in [3.63, 3.8) is 0 Å². The minimum atomic E-state index is -0.768. The Balaban J connectivity index is 2.23. The molecule has 0 aliphatic heterocycles. The lowest BCUT2D eigenvalue weighted by atomic mass is 10.2. The first-order chi connectivity index (χ1) is 9.11. The van der Waals surface area contributed by atoms with Crippen molar-refractivity contribution in [3.05, 3.63) is 53.8 Å². The van der Waals surface area contributed by atoms with Gasteiger partial charge >= 0.3 is 0 Å². The van der Waals surface area contributed by atoms with Crippen molar-refractivity contribution < 1.29 is 14.3 Å². The zero-order valence-corrected chi connectivity index (χ0v) is 11.0. The Labute approximate surface area is 114 Å². The summed E-state index contributed by atoms with van der Waals surface area (Å²) in [4.78, 5) is 12.9. The molecule has 0 aromatic heterocycles. The summed E-state index contributed by atoms with van der Waals surface area (Å²) in [5.41, 5.74) is 0.833. The number of aromatic hydroxyl groups is 1. The van der Waals surface area contributed by atoms with Gasteiger partial charge in [-0.3, -0.25) is 4.79 Å². The highest BCUT2D eigenvalue weighted by molar-refractivity contribution is 7.98. The van der Waals surface area contributed by atoms with E-state index in [1.165, 1.54) is 23.9 Å². The van der Waals surface area contributed by atoms with E-state index in [9.17, 15) is 9.18 Å². The largest absolute Gasteiger partial charge is 0.505 e. The monoisotopic (exact) mass is 277 g/mol. The maximum Gasteiger partial charge on any atom is 0.256 e. The summed E-state index contributed by atoms with van der Waals surface area (Å²) >= 11 is 1.47. The molecule has 2 N–H and O–H groups in total. The summed E-state index contributed by atoms with van der Waals surface area (Å²) in [6.07, 6.45) is 1.88. The first-order valence-corrected chi connectivity index (χ1v) is 6.77. The first-order valence-electron chi connectivity index (χ1n) is 5.54. The van der Waals surface area contributed by atoms with E-state index >= 15 is 0 Å². The molecule has 0 heterocycles. The van der Waals surface area contributed by atoms with Gasteiger partial charge in [-0.2, -0.15) is 0 Å². The van der Waals surface area contributed by atoms with Crippen molar-refractivity contribution in [2.45, 2.75) is 4.90 Å². The second-order valence-corrected chi connectivity index (χ2v) is 4.67. The number of phenols is 1. The maximum atomic E-state index is 13.2. The molecule has 19 heavy (non-hydrogen) atoms. The molecule has 3 nitrogen and oxygen atoms in total. The Kier molecular flexibility index (Phi) is 4.06. The molecule has 2 aromatic carbocycles. The molecule has 2 rings (SSSR count). The predicted molar refractivity (Wildman–Crippen MR) is 74.2 cm³/mol. The quantitative estimate of drug-likeness (QED) is 0.667. The van der Waals surface area contributed by atoms with Gasteiger partial charge in [0.15, 0.2) is 11.6 Å². The van der Waals surface area contributed by atoms with Crippen LogP contribution >= 0.6 is 11.8 Å². The van der Waals surface area contributed by atoms with Gasteiger partial charge in [-0.1, -0.05) is 12.1 Å². The molecule has 0 unspecified atom stereocenters. The van der Waals surface area contributed by atoms with E-state index < -0.39 is 11.6 Å². The standard InChI is InChI=1S/C14H12FNO2S/c1-19-13-5-3-2-4-10(13)14(18)16-9-6-7-12(17)11(15)8-9/h2-8,17H,1H3,(H,16,18). The SMILES string of the molecule is CSc1ccccc1C(=O)Nc1ccc(O)c(F)c1. The van der Waals surface area contributed by atoms with Gasteiger partial charge in [-0.15, -0.1) is 11.8 Å². The zero-order valence-electron chi connectivity index (χ0n) is 10.2. The fourth-order valence-corrected chi connectivity index (χ4v) is 2.21.